The molecule has 0 heterocycles. The van der Waals surface area contributed by atoms with Crippen LogP contribution in [0, 0.1) is 20.8 Å². The molecule has 0 spiro atoms. The van der Waals surface area contributed by atoms with Gasteiger partial charge in [0.2, 0.25) is 21.8 Å². The van der Waals surface area contributed by atoms with Gasteiger partial charge in [-0.1, -0.05) is 35.9 Å². The van der Waals surface area contributed by atoms with Crippen LogP contribution in [0.4, 0.5) is 5.69 Å². The Bertz CT molecular complexity index is 1150. The fraction of sp³-hybridized carbons (Fsp3) is 0.500. The van der Waals surface area contributed by atoms with Crippen LogP contribution in [0.2, 0.25) is 0 Å². The molecule has 0 aliphatic heterocycles. The van der Waals surface area contributed by atoms with Gasteiger partial charge in [0.1, 0.15) is 6.04 Å². The molecule has 2 aromatic carbocycles. The van der Waals surface area contributed by atoms with Crippen molar-refractivity contribution in [2.24, 2.45) is 0 Å². The van der Waals surface area contributed by atoms with Crippen LogP contribution < -0.4 is 9.62 Å². The molecule has 0 aromatic heterocycles. The summed E-state index contributed by atoms with van der Waals surface area (Å²) in [5, 5.41) is 2.96. The van der Waals surface area contributed by atoms with Gasteiger partial charge in [0.25, 0.3) is 0 Å². The number of nitrogens with zero attached hydrogens (tertiary/aromatic N) is 2. The maximum Gasteiger partial charge on any atom is 0.242 e. The van der Waals surface area contributed by atoms with Gasteiger partial charge in [0.15, 0.2) is 0 Å². The minimum atomic E-state index is -3.53. The fourth-order valence-electron chi connectivity index (χ4n) is 4.05. The predicted octanol–water partition coefficient (Wildman–Crippen LogP) is 4.49. The van der Waals surface area contributed by atoms with E-state index in [4.69, 9.17) is 0 Å². The van der Waals surface area contributed by atoms with Gasteiger partial charge in [-0.05, 0) is 83.7 Å². The molecule has 2 rings (SSSR count). The Morgan fingerprint density at radius 3 is 2.00 bits per heavy atom. The van der Waals surface area contributed by atoms with Crippen molar-refractivity contribution in [3.8, 4) is 0 Å². The second kappa shape index (κ2) is 11.9. The maximum atomic E-state index is 13.4. The average Bonchev–Trinajstić information content (AvgIpc) is 2.72. The highest BCUT2D eigenvalue weighted by Gasteiger charge is 2.28. The van der Waals surface area contributed by atoms with E-state index < -0.39 is 21.6 Å². The van der Waals surface area contributed by atoms with Crippen molar-refractivity contribution < 1.29 is 18.0 Å². The third-order valence-corrected chi connectivity index (χ3v) is 6.98. The summed E-state index contributed by atoms with van der Waals surface area (Å²) in [6, 6.07) is 12.8. The van der Waals surface area contributed by atoms with Crippen LogP contribution >= 0.6 is 0 Å². The summed E-state index contributed by atoms with van der Waals surface area (Å²) in [5.74, 6) is -0.419. The van der Waals surface area contributed by atoms with Crippen LogP contribution in [0.25, 0.3) is 0 Å². The predicted molar refractivity (Wildman–Crippen MR) is 146 cm³/mol. The Hall–Kier alpha value is -2.87. The molecule has 0 saturated carbocycles. The molecule has 0 fully saturated rings. The number of nitrogens with one attached hydrogen (secondary N) is 1. The second-order valence-electron chi connectivity index (χ2n) is 10.7. The molecule has 7 nitrogen and oxygen atoms in total. The van der Waals surface area contributed by atoms with Crippen LogP contribution in [0.1, 0.15) is 62.8 Å². The summed E-state index contributed by atoms with van der Waals surface area (Å²) in [6.45, 7) is 13.7. The number of hydrogen-bond donors (Lipinski definition) is 1. The van der Waals surface area contributed by atoms with Crippen molar-refractivity contribution >= 4 is 27.5 Å². The zero-order valence-corrected chi connectivity index (χ0v) is 23.7. The number of hydrogen-bond acceptors (Lipinski definition) is 4. The Balaban J connectivity index is 2.21. The molecule has 0 bridgehead atoms. The van der Waals surface area contributed by atoms with Crippen molar-refractivity contribution in [1.29, 1.82) is 0 Å². The van der Waals surface area contributed by atoms with Gasteiger partial charge in [0, 0.05) is 25.0 Å². The highest BCUT2D eigenvalue weighted by molar-refractivity contribution is 7.92. The first-order valence-corrected chi connectivity index (χ1v) is 14.1. The lowest BCUT2D eigenvalue weighted by molar-refractivity contribution is -0.141. The monoisotopic (exact) mass is 515 g/mol. The van der Waals surface area contributed by atoms with E-state index in [1.165, 1.54) is 10.6 Å². The van der Waals surface area contributed by atoms with Gasteiger partial charge in [-0.3, -0.25) is 13.9 Å². The Morgan fingerprint density at radius 2 is 1.50 bits per heavy atom. The SMILES string of the molecule is Cc1ccc(CN(C(=O)CCCN(c2cc(C)cc(C)c2)S(C)(=O)=O)[C@@H](C)C(=O)NC(C)(C)C)cc1. The molecule has 1 atom stereocenters. The van der Waals surface area contributed by atoms with Gasteiger partial charge < -0.3 is 10.2 Å². The van der Waals surface area contributed by atoms with E-state index in [0.717, 1.165) is 22.3 Å². The lowest BCUT2D eigenvalue weighted by atomic mass is 10.1. The topological polar surface area (TPSA) is 86.8 Å². The number of amides is 2. The summed E-state index contributed by atoms with van der Waals surface area (Å²) in [4.78, 5) is 27.9. The van der Waals surface area contributed by atoms with Crippen molar-refractivity contribution in [2.75, 3.05) is 17.1 Å². The number of carbonyl (C=O) groups is 2. The van der Waals surface area contributed by atoms with E-state index >= 15 is 0 Å². The highest BCUT2D eigenvalue weighted by Crippen LogP contribution is 2.22. The number of anilines is 1. The van der Waals surface area contributed by atoms with E-state index in [1.807, 2.05) is 84.0 Å². The lowest BCUT2D eigenvalue weighted by Crippen LogP contribution is -2.52. The molecule has 0 aliphatic carbocycles. The highest BCUT2D eigenvalue weighted by atomic mass is 32.2. The van der Waals surface area contributed by atoms with Crippen LogP contribution in [0.5, 0.6) is 0 Å². The van der Waals surface area contributed by atoms with Gasteiger partial charge >= 0.3 is 0 Å². The van der Waals surface area contributed by atoms with Crippen LogP contribution in [0.15, 0.2) is 42.5 Å². The number of sulfonamides is 1. The van der Waals surface area contributed by atoms with E-state index in [-0.39, 0.29) is 24.8 Å². The zero-order valence-electron chi connectivity index (χ0n) is 22.9. The molecule has 198 valence electrons. The summed E-state index contributed by atoms with van der Waals surface area (Å²) >= 11 is 0. The summed E-state index contributed by atoms with van der Waals surface area (Å²) < 4.78 is 26.4. The number of carbonyl (C=O) groups excluding carboxylic acids is 2. The minimum Gasteiger partial charge on any atom is -0.350 e. The number of aryl methyl sites for hydroxylation is 3. The van der Waals surface area contributed by atoms with Crippen LogP contribution in [0.3, 0.4) is 0 Å². The molecule has 2 amide bonds. The smallest absolute Gasteiger partial charge is 0.242 e. The average molecular weight is 516 g/mol. The van der Waals surface area contributed by atoms with Crippen molar-refractivity contribution in [1.82, 2.24) is 10.2 Å². The molecule has 0 radical (unpaired) electrons. The summed E-state index contributed by atoms with van der Waals surface area (Å²) in [7, 11) is -3.53. The molecule has 36 heavy (non-hydrogen) atoms. The van der Waals surface area contributed by atoms with E-state index in [1.54, 1.807) is 11.8 Å². The zero-order chi connectivity index (χ0) is 27.3. The molecule has 0 aliphatic rings. The molecule has 2 aromatic rings. The third kappa shape index (κ3) is 8.97. The number of rotatable bonds is 10. The molecule has 0 saturated heterocycles. The molecular weight excluding hydrogens is 474 g/mol. The van der Waals surface area contributed by atoms with Crippen LogP contribution in [-0.2, 0) is 26.2 Å². The fourth-order valence-corrected chi connectivity index (χ4v) is 4.99. The lowest BCUT2D eigenvalue weighted by Gasteiger charge is -2.32. The molecule has 0 unspecified atom stereocenters. The number of benzene rings is 2. The first kappa shape index (κ1) is 29.4. The molecule has 8 heteroatoms. The van der Waals surface area contributed by atoms with Gasteiger partial charge in [-0.25, -0.2) is 8.42 Å². The van der Waals surface area contributed by atoms with Crippen molar-refractivity contribution in [3.05, 3.63) is 64.7 Å². The Kier molecular flexibility index (Phi) is 9.71. The maximum absolute atomic E-state index is 13.4. The van der Waals surface area contributed by atoms with E-state index in [0.29, 0.717) is 18.7 Å². The normalized spacial score (nSPS) is 12.7. The summed E-state index contributed by atoms with van der Waals surface area (Å²) in [5.41, 5.74) is 4.15. The van der Waals surface area contributed by atoms with E-state index in [2.05, 4.69) is 5.32 Å². The minimum absolute atomic E-state index is 0.121. The Morgan fingerprint density at radius 1 is 0.944 bits per heavy atom. The summed E-state index contributed by atoms with van der Waals surface area (Å²) in [6.07, 6.45) is 1.63. The molecule has 1 N–H and O–H groups in total. The first-order valence-electron chi connectivity index (χ1n) is 12.3. The van der Waals surface area contributed by atoms with Crippen LogP contribution in [-0.4, -0.2) is 49.5 Å². The van der Waals surface area contributed by atoms with E-state index in [9.17, 15) is 18.0 Å². The largest absolute Gasteiger partial charge is 0.350 e. The second-order valence-corrected chi connectivity index (χ2v) is 12.6. The van der Waals surface area contributed by atoms with Gasteiger partial charge in [-0.2, -0.15) is 0 Å². The first-order chi connectivity index (χ1) is 16.6. The molecular formula is C28H41N3O4S. The quantitative estimate of drug-likeness (QED) is 0.505. The van der Waals surface area contributed by atoms with Crippen molar-refractivity contribution in [3.63, 3.8) is 0 Å². The standard InChI is InChI=1S/C28H41N3O4S/c1-20-11-13-24(14-12-20)19-30(23(4)27(33)29-28(5,6)7)26(32)10-9-15-31(36(8,34)35)25-17-21(2)16-22(3)18-25/h11-14,16-18,23H,9-10,15,19H2,1-8H3,(H,29,33)/t23-/m0/s1. The Labute approximate surface area is 216 Å². The van der Waals surface area contributed by atoms with Crippen molar-refractivity contribution in [2.45, 2.75) is 79.4 Å². The van der Waals surface area contributed by atoms with Gasteiger partial charge in [-0.15, -0.1) is 0 Å². The third-order valence-electron chi connectivity index (χ3n) is 5.79. The van der Waals surface area contributed by atoms with Gasteiger partial charge in [0.05, 0.1) is 11.9 Å².